The van der Waals surface area contributed by atoms with Gasteiger partial charge in [-0.3, -0.25) is 14.4 Å². The maximum absolute atomic E-state index is 11.5. The Balaban J connectivity index is 2.24. The summed E-state index contributed by atoms with van der Waals surface area (Å²) >= 11 is 0. The highest BCUT2D eigenvalue weighted by atomic mass is 16.5. The summed E-state index contributed by atoms with van der Waals surface area (Å²) < 4.78 is 5.05. The molecule has 0 radical (unpaired) electrons. The van der Waals surface area contributed by atoms with E-state index in [0.29, 0.717) is 0 Å². The fourth-order valence-corrected chi connectivity index (χ4v) is 1.74. The van der Waals surface area contributed by atoms with Gasteiger partial charge in [0.15, 0.2) is 0 Å². The minimum Gasteiger partial charge on any atom is -0.481 e. The number of rotatable bonds is 10. The van der Waals surface area contributed by atoms with Crippen LogP contribution in [0.15, 0.2) is 30.3 Å². The predicted octanol–water partition coefficient (Wildman–Crippen LogP) is 1.03. The van der Waals surface area contributed by atoms with E-state index in [-0.39, 0.29) is 32.4 Å². The number of hydrogen-bond donors (Lipinski definition) is 3. The van der Waals surface area contributed by atoms with Gasteiger partial charge in [0.05, 0.1) is 6.42 Å². The van der Waals surface area contributed by atoms with E-state index < -0.39 is 23.9 Å². The van der Waals surface area contributed by atoms with Crippen LogP contribution in [-0.4, -0.2) is 40.7 Å². The second-order valence-corrected chi connectivity index (χ2v) is 4.67. The Morgan fingerprint density at radius 1 is 1.09 bits per heavy atom. The number of ether oxygens (including phenoxy) is 1. The summed E-state index contributed by atoms with van der Waals surface area (Å²) in [5.74, 6) is -2.65. The van der Waals surface area contributed by atoms with Crippen LogP contribution in [0, 0.1) is 0 Å². The number of nitrogens with one attached hydrogen (secondary N) is 1. The van der Waals surface area contributed by atoms with Crippen LogP contribution in [0.2, 0.25) is 0 Å². The van der Waals surface area contributed by atoms with E-state index in [1.807, 2.05) is 30.3 Å². The average Bonchev–Trinajstić information content (AvgIpc) is 2.49. The van der Waals surface area contributed by atoms with Crippen LogP contribution < -0.4 is 5.32 Å². The number of esters is 1. The Hall–Kier alpha value is -2.41. The summed E-state index contributed by atoms with van der Waals surface area (Å²) in [5.41, 5.74) is 0.869. The molecule has 0 saturated heterocycles. The highest BCUT2D eigenvalue weighted by molar-refractivity contribution is 5.75. The third-order valence-electron chi connectivity index (χ3n) is 2.91. The number of hydrogen-bond acceptors (Lipinski definition) is 5. The average molecular weight is 309 g/mol. The third kappa shape index (κ3) is 7.39. The first-order valence-electron chi connectivity index (χ1n) is 6.86. The molecule has 120 valence electrons. The highest BCUT2D eigenvalue weighted by Gasteiger charge is 2.18. The van der Waals surface area contributed by atoms with E-state index in [2.05, 4.69) is 5.32 Å². The SMILES string of the molecule is O=C(O)CC[C@H](NCCC(=O)OCc1ccccc1)C(=O)O. The van der Waals surface area contributed by atoms with Gasteiger partial charge in [0.1, 0.15) is 12.6 Å². The molecule has 1 atom stereocenters. The predicted molar refractivity (Wildman–Crippen MR) is 77.2 cm³/mol. The van der Waals surface area contributed by atoms with Gasteiger partial charge in [-0.15, -0.1) is 0 Å². The minimum atomic E-state index is -1.14. The summed E-state index contributed by atoms with van der Waals surface area (Å²) in [6.07, 6.45) is -0.268. The van der Waals surface area contributed by atoms with E-state index in [1.165, 1.54) is 0 Å². The summed E-state index contributed by atoms with van der Waals surface area (Å²) in [6.45, 7) is 0.283. The zero-order chi connectivity index (χ0) is 16.4. The number of carbonyl (C=O) groups is 3. The summed E-state index contributed by atoms with van der Waals surface area (Å²) in [4.78, 5) is 32.9. The first kappa shape index (κ1) is 17.6. The lowest BCUT2D eigenvalue weighted by molar-refractivity contribution is -0.146. The zero-order valence-electron chi connectivity index (χ0n) is 12.0. The Morgan fingerprint density at radius 3 is 2.36 bits per heavy atom. The van der Waals surface area contributed by atoms with Gasteiger partial charge < -0.3 is 20.3 Å². The monoisotopic (exact) mass is 309 g/mol. The highest BCUT2D eigenvalue weighted by Crippen LogP contribution is 2.02. The van der Waals surface area contributed by atoms with Gasteiger partial charge in [0, 0.05) is 13.0 Å². The van der Waals surface area contributed by atoms with Crippen molar-refractivity contribution in [3.05, 3.63) is 35.9 Å². The maximum atomic E-state index is 11.5. The smallest absolute Gasteiger partial charge is 0.320 e. The first-order chi connectivity index (χ1) is 10.5. The molecule has 1 rings (SSSR count). The number of carbonyl (C=O) groups excluding carboxylic acids is 1. The topological polar surface area (TPSA) is 113 Å². The van der Waals surface area contributed by atoms with Crippen molar-refractivity contribution in [2.45, 2.75) is 31.9 Å². The molecule has 0 bridgehead atoms. The van der Waals surface area contributed by atoms with Gasteiger partial charge in [-0.05, 0) is 12.0 Å². The minimum absolute atomic E-state index is 0.0175. The van der Waals surface area contributed by atoms with Crippen LogP contribution >= 0.6 is 0 Å². The lowest BCUT2D eigenvalue weighted by Crippen LogP contribution is -2.38. The molecule has 0 unspecified atom stereocenters. The van der Waals surface area contributed by atoms with Crippen molar-refractivity contribution in [1.29, 1.82) is 0 Å². The Kier molecular flexibility index (Phi) is 7.63. The Bertz CT molecular complexity index is 502. The van der Waals surface area contributed by atoms with E-state index in [1.54, 1.807) is 0 Å². The van der Waals surface area contributed by atoms with Crippen LogP contribution in [-0.2, 0) is 25.7 Å². The molecule has 0 aliphatic rings. The number of carboxylic acid groups (broad SMARTS) is 2. The number of benzene rings is 1. The van der Waals surface area contributed by atoms with Crippen molar-refractivity contribution in [2.24, 2.45) is 0 Å². The fraction of sp³-hybridized carbons (Fsp3) is 0.400. The van der Waals surface area contributed by atoms with Gasteiger partial charge >= 0.3 is 17.9 Å². The van der Waals surface area contributed by atoms with Crippen LogP contribution in [0.3, 0.4) is 0 Å². The zero-order valence-corrected chi connectivity index (χ0v) is 12.0. The largest absolute Gasteiger partial charge is 0.481 e. The molecule has 0 aromatic heterocycles. The molecule has 0 aliphatic heterocycles. The van der Waals surface area contributed by atoms with Gasteiger partial charge in [0.25, 0.3) is 0 Å². The molecule has 7 heteroatoms. The molecule has 7 nitrogen and oxygen atoms in total. The maximum Gasteiger partial charge on any atom is 0.320 e. The molecule has 0 spiro atoms. The first-order valence-corrected chi connectivity index (χ1v) is 6.86. The fourth-order valence-electron chi connectivity index (χ4n) is 1.74. The van der Waals surface area contributed by atoms with Crippen LogP contribution in [0.5, 0.6) is 0 Å². The van der Waals surface area contributed by atoms with E-state index >= 15 is 0 Å². The molecule has 1 aromatic rings. The molecule has 1 aromatic carbocycles. The second-order valence-electron chi connectivity index (χ2n) is 4.67. The number of aliphatic carboxylic acids is 2. The van der Waals surface area contributed by atoms with Crippen molar-refractivity contribution < 1.29 is 29.3 Å². The van der Waals surface area contributed by atoms with Crippen molar-refractivity contribution in [3.8, 4) is 0 Å². The van der Waals surface area contributed by atoms with Gasteiger partial charge in [-0.2, -0.15) is 0 Å². The Morgan fingerprint density at radius 2 is 1.77 bits per heavy atom. The summed E-state index contributed by atoms with van der Waals surface area (Å²) in [7, 11) is 0. The van der Waals surface area contributed by atoms with Crippen LogP contribution in [0.1, 0.15) is 24.8 Å². The lowest BCUT2D eigenvalue weighted by atomic mass is 10.1. The summed E-state index contributed by atoms with van der Waals surface area (Å²) in [6, 6.07) is 8.21. The molecule has 0 aliphatic carbocycles. The quantitative estimate of drug-likeness (QED) is 0.553. The molecule has 22 heavy (non-hydrogen) atoms. The summed E-state index contributed by atoms with van der Waals surface area (Å²) in [5, 5.41) is 20.1. The third-order valence-corrected chi connectivity index (χ3v) is 2.91. The van der Waals surface area contributed by atoms with Gasteiger partial charge in [-0.25, -0.2) is 0 Å². The van der Waals surface area contributed by atoms with Gasteiger partial charge in [-0.1, -0.05) is 30.3 Å². The molecule has 0 amide bonds. The van der Waals surface area contributed by atoms with Crippen molar-refractivity contribution in [2.75, 3.05) is 6.54 Å². The van der Waals surface area contributed by atoms with Gasteiger partial charge in [0.2, 0.25) is 0 Å². The molecule has 3 N–H and O–H groups in total. The Labute approximate surface area is 127 Å². The normalized spacial score (nSPS) is 11.6. The van der Waals surface area contributed by atoms with Crippen molar-refractivity contribution in [3.63, 3.8) is 0 Å². The molecule has 0 fully saturated rings. The van der Waals surface area contributed by atoms with E-state index in [9.17, 15) is 14.4 Å². The van der Waals surface area contributed by atoms with Crippen molar-refractivity contribution >= 4 is 17.9 Å². The van der Waals surface area contributed by atoms with Crippen molar-refractivity contribution in [1.82, 2.24) is 5.32 Å². The molecule has 0 heterocycles. The van der Waals surface area contributed by atoms with E-state index in [4.69, 9.17) is 14.9 Å². The molecule has 0 saturated carbocycles. The molecular weight excluding hydrogens is 290 g/mol. The standard InChI is InChI=1S/C15H19NO6/c17-13(18)7-6-12(15(20)21)16-9-8-14(19)22-10-11-4-2-1-3-5-11/h1-5,12,16H,6-10H2,(H,17,18)(H,20,21)/t12-/m0/s1. The molecular formula is C15H19NO6. The van der Waals surface area contributed by atoms with E-state index in [0.717, 1.165) is 5.56 Å². The number of carboxylic acids is 2. The van der Waals surface area contributed by atoms with Crippen LogP contribution in [0.25, 0.3) is 0 Å². The lowest BCUT2D eigenvalue weighted by Gasteiger charge is -2.13. The second kappa shape index (κ2) is 9.51. The van der Waals surface area contributed by atoms with Crippen LogP contribution in [0.4, 0.5) is 0 Å².